The number of hydrogen-bond acceptors (Lipinski definition) is 6. The van der Waals surface area contributed by atoms with Crippen molar-refractivity contribution in [2.24, 2.45) is 0 Å². The van der Waals surface area contributed by atoms with Gasteiger partial charge in [-0.05, 0) is 50.2 Å². The number of aryl methyl sites for hydroxylation is 1. The van der Waals surface area contributed by atoms with Gasteiger partial charge in [-0.25, -0.2) is 9.97 Å². The van der Waals surface area contributed by atoms with Crippen LogP contribution in [0.25, 0.3) is 22.2 Å². The van der Waals surface area contributed by atoms with E-state index in [0.29, 0.717) is 39.1 Å². The van der Waals surface area contributed by atoms with Crippen LogP contribution in [0.2, 0.25) is 0 Å². The number of amides is 2. The number of aromatic nitrogens is 2. The summed E-state index contributed by atoms with van der Waals surface area (Å²) in [6.45, 7) is 4.29. The van der Waals surface area contributed by atoms with Gasteiger partial charge < -0.3 is 9.64 Å². The summed E-state index contributed by atoms with van der Waals surface area (Å²) in [4.78, 5) is 36.8. The maximum atomic E-state index is 13.3. The zero-order valence-corrected chi connectivity index (χ0v) is 19.7. The summed E-state index contributed by atoms with van der Waals surface area (Å²) in [6, 6.07) is 16.9. The number of fused-ring (bicyclic) bond motifs is 1. The number of hydrogen-bond donors (Lipinski definition) is 1. The van der Waals surface area contributed by atoms with E-state index in [2.05, 4.69) is 10.3 Å². The van der Waals surface area contributed by atoms with Gasteiger partial charge in [-0.2, -0.15) is 0 Å². The van der Waals surface area contributed by atoms with Crippen molar-refractivity contribution in [1.82, 2.24) is 14.9 Å². The monoisotopic (exact) mass is 460 g/mol. The molecule has 4 rings (SSSR count). The van der Waals surface area contributed by atoms with Gasteiger partial charge in [-0.15, -0.1) is 0 Å². The van der Waals surface area contributed by atoms with Gasteiger partial charge in [-0.1, -0.05) is 29.5 Å². The zero-order valence-electron chi connectivity index (χ0n) is 18.9. The van der Waals surface area contributed by atoms with Gasteiger partial charge in [0.15, 0.2) is 5.13 Å². The molecule has 4 aromatic rings. The van der Waals surface area contributed by atoms with Crippen molar-refractivity contribution in [3.05, 3.63) is 70.7 Å². The second-order valence-corrected chi connectivity index (χ2v) is 8.62. The second-order valence-electron chi connectivity index (χ2n) is 7.62. The Labute approximate surface area is 196 Å². The van der Waals surface area contributed by atoms with Gasteiger partial charge in [0.2, 0.25) is 0 Å². The molecule has 33 heavy (non-hydrogen) atoms. The topological polar surface area (TPSA) is 84.4 Å². The Morgan fingerprint density at radius 3 is 2.48 bits per heavy atom. The van der Waals surface area contributed by atoms with Crippen molar-refractivity contribution in [2.45, 2.75) is 13.8 Å². The van der Waals surface area contributed by atoms with Crippen LogP contribution in [0, 0.1) is 6.92 Å². The number of benzene rings is 2. The molecule has 0 saturated carbocycles. The van der Waals surface area contributed by atoms with Crippen molar-refractivity contribution in [1.29, 1.82) is 0 Å². The molecule has 0 aliphatic carbocycles. The molecule has 2 aromatic heterocycles. The number of nitrogens with one attached hydrogen (secondary N) is 1. The highest BCUT2D eigenvalue weighted by atomic mass is 32.1. The largest absolute Gasteiger partial charge is 0.494 e. The number of ether oxygens (including phenoxy) is 1. The molecule has 1 N–H and O–H groups in total. The maximum Gasteiger partial charge on any atom is 0.265 e. The Morgan fingerprint density at radius 1 is 1.06 bits per heavy atom. The predicted molar refractivity (Wildman–Crippen MR) is 131 cm³/mol. The second kappa shape index (κ2) is 9.38. The van der Waals surface area contributed by atoms with Crippen LogP contribution in [0.1, 0.15) is 32.6 Å². The molecule has 8 heteroatoms. The average molecular weight is 461 g/mol. The first-order valence-corrected chi connectivity index (χ1v) is 11.3. The third-order valence-corrected chi connectivity index (χ3v) is 6.10. The summed E-state index contributed by atoms with van der Waals surface area (Å²) in [5.74, 6) is 0.332. The van der Waals surface area contributed by atoms with Gasteiger partial charge in [0.25, 0.3) is 11.8 Å². The third kappa shape index (κ3) is 4.70. The van der Waals surface area contributed by atoms with Crippen molar-refractivity contribution in [3.8, 4) is 17.0 Å². The van der Waals surface area contributed by atoms with Gasteiger partial charge in [-0.3, -0.25) is 14.9 Å². The molecule has 0 bridgehead atoms. The number of carbonyl (C=O) groups is 2. The number of para-hydroxylation sites is 1. The van der Waals surface area contributed by atoms with Crippen LogP contribution in [0.15, 0.2) is 54.6 Å². The number of anilines is 1. The van der Waals surface area contributed by atoms with E-state index in [1.807, 2.05) is 55.5 Å². The van der Waals surface area contributed by atoms with Crippen LogP contribution in [-0.4, -0.2) is 47.4 Å². The molecular weight excluding hydrogens is 436 g/mol. The number of pyridine rings is 1. The van der Waals surface area contributed by atoms with E-state index >= 15 is 0 Å². The molecule has 2 aromatic carbocycles. The molecule has 0 aliphatic rings. The first-order chi connectivity index (χ1) is 15.9. The van der Waals surface area contributed by atoms with E-state index in [1.54, 1.807) is 27.1 Å². The third-order valence-electron chi connectivity index (χ3n) is 5.04. The van der Waals surface area contributed by atoms with Crippen LogP contribution in [0.5, 0.6) is 5.75 Å². The fraction of sp³-hybridized carbons (Fsp3) is 0.200. The molecule has 0 aliphatic heterocycles. The van der Waals surface area contributed by atoms with Crippen molar-refractivity contribution < 1.29 is 14.3 Å². The number of thiazole rings is 1. The van der Waals surface area contributed by atoms with Crippen molar-refractivity contribution >= 4 is 39.2 Å². The fourth-order valence-electron chi connectivity index (χ4n) is 3.42. The van der Waals surface area contributed by atoms with Gasteiger partial charge in [0.1, 0.15) is 10.6 Å². The van der Waals surface area contributed by atoms with Crippen molar-refractivity contribution in [2.75, 3.05) is 26.0 Å². The van der Waals surface area contributed by atoms with E-state index in [1.165, 1.54) is 16.2 Å². The van der Waals surface area contributed by atoms with E-state index < -0.39 is 0 Å². The van der Waals surface area contributed by atoms with Crippen molar-refractivity contribution in [3.63, 3.8) is 0 Å². The molecular formula is C25H24N4O3S. The lowest BCUT2D eigenvalue weighted by Crippen LogP contribution is -2.21. The molecule has 0 saturated heterocycles. The molecule has 2 heterocycles. The molecule has 0 radical (unpaired) electrons. The van der Waals surface area contributed by atoms with Gasteiger partial charge in [0.05, 0.1) is 29.1 Å². The van der Waals surface area contributed by atoms with E-state index in [0.717, 1.165) is 16.7 Å². The predicted octanol–water partition coefficient (Wildman–Crippen LogP) is 5.02. The maximum absolute atomic E-state index is 13.3. The lowest BCUT2D eigenvalue weighted by atomic mass is 10.0. The standard InChI is InChI=1S/C25H24N4O3S/c1-5-32-17-12-10-16(11-13-17)21-14-19(18-8-6-7-9-20(18)27-21)23(30)28-25-26-15(2)22(33-25)24(31)29(3)4/h6-14H,5H2,1-4H3,(H,26,28,30). The molecule has 0 spiro atoms. The summed E-state index contributed by atoms with van der Waals surface area (Å²) in [5, 5.41) is 3.98. The summed E-state index contributed by atoms with van der Waals surface area (Å²) in [5.41, 5.74) is 3.34. The fourth-order valence-corrected chi connectivity index (χ4v) is 4.40. The first-order valence-electron chi connectivity index (χ1n) is 10.5. The Balaban J connectivity index is 1.70. The van der Waals surface area contributed by atoms with E-state index in [-0.39, 0.29) is 11.8 Å². The lowest BCUT2D eigenvalue weighted by Gasteiger charge is -2.10. The zero-order chi connectivity index (χ0) is 23.5. The molecule has 0 fully saturated rings. The molecule has 7 nitrogen and oxygen atoms in total. The normalized spacial score (nSPS) is 10.8. The molecule has 0 unspecified atom stereocenters. The SMILES string of the molecule is CCOc1ccc(-c2cc(C(=O)Nc3nc(C)c(C(=O)N(C)C)s3)c3ccccc3n2)cc1. The lowest BCUT2D eigenvalue weighted by molar-refractivity contribution is 0.0831. The highest BCUT2D eigenvalue weighted by Crippen LogP contribution is 2.28. The Hall–Kier alpha value is -3.78. The summed E-state index contributed by atoms with van der Waals surface area (Å²) in [7, 11) is 3.37. The Bertz CT molecular complexity index is 1330. The smallest absolute Gasteiger partial charge is 0.265 e. The quantitative estimate of drug-likeness (QED) is 0.437. The van der Waals surface area contributed by atoms with E-state index in [4.69, 9.17) is 9.72 Å². The number of rotatable bonds is 6. The summed E-state index contributed by atoms with van der Waals surface area (Å²) >= 11 is 1.17. The summed E-state index contributed by atoms with van der Waals surface area (Å²) in [6.07, 6.45) is 0. The number of carbonyl (C=O) groups excluding carboxylic acids is 2. The Morgan fingerprint density at radius 2 is 1.79 bits per heavy atom. The molecule has 0 atom stereocenters. The minimum atomic E-state index is -0.307. The minimum Gasteiger partial charge on any atom is -0.494 e. The van der Waals surface area contributed by atoms with Gasteiger partial charge >= 0.3 is 0 Å². The van der Waals surface area contributed by atoms with Gasteiger partial charge in [0, 0.05) is 25.0 Å². The molecule has 2 amide bonds. The Kier molecular flexibility index (Phi) is 6.37. The van der Waals surface area contributed by atoms with E-state index in [9.17, 15) is 9.59 Å². The highest BCUT2D eigenvalue weighted by Gasteiger charge is 2.20. The highest BCUT2D eigenvalue weighted by molar-refractivity contribution is 7.17. The summed E-state index contributed by atoms with van der Waals surface area (Å²) < 4.78 is 5.52. The van der Waals surface area contributed by atoms with Crippen LogP contribution in [-0.2, 0) is 0 Å². The minimum absolute atomic E-state index is 0.141. The average Bonchev–Trinajstić information content (AvgIpc) is 3.18. The first kappa shape index (κ1) is 22.4. The van der Waals surface area contributed by atoms with Crippen LogP contribution in [0.3, 0.4) is 0 Å². The van der Waals surface area contributed by atoms with Crippen LogP contribution < -0.4 is 10.1 Å². The molecule has 168 valence electrons. The van der Waals surface area contributed by atoms with Crippen LogP contribution in [0.4, 0.5) is 5.13 Å². The van der Waals surface area contributed by atoms with Crippen LogP contribution >= 0.6 is 11.3 Å². The number of nitrogens with zero attached hydrogens (tertiary/aromatic N) is 3.